The number of fused-ring (bicyclic) bond motifs is 1. The molecule has 1 heterocycles. The maximum atomic E-state index is 9.53. The first-order chi connectivity index (χ1) is 11.2. The molecule has 5 heteroatoms. The molecule has 0 radical (unpaired) electrons. The number of hydrogen-bond donors (Lipinski definition) is 1. The summed E-state index contributed by atoms with van der Waals surface area (Å²) in [4.78, 5) is 4.64. The molecule has 120 valence electrons. The number of ether oxygens (including phenoxy) is 1. The maximum absolute atomic E-state index is 9.53. The van der Waals surface area contributed by atoms with E-state index in [4.69, 9.17) is 9.15 Å². The molecule has 0 aliphatic rings. The zero-order chi connectivity index (χ0) is 16.2. The minimum absolute atomic E-state index is 0.155. The number of nitrogens with zero attached hydrogens (tertiary/aromatic N) is 1. The number of halogens is 1. The first-order valence-corrected chi connectivity index (χ1v) is 8.44. The van der Waals surface area contributed by atoms with Crippen molar-refractivity contribution in [3.8, 4) is 11.5 Å². The first-order valence-electron chi connectivity index (χ1n) is 7.53. The van der Waals surface area contributed by atoms with Crippen LogP contribution in [0.15, 0.2) is 46.9 Å². The Kier molecular flexibility index (Phi) is 4.86. The molecule has 0 amide bonds. The van der Waals surface area contributed by atoms with Gasteiger partial charge in [0.2, 0.25) is 0 Å². The molecule has 0 saturated carbocycles. The van der Waals surface area contributed by atoms with Gasteiger partial charge in [-0.3, -0.25) is 0 Å². The van der Waals surface area contributed by atoms with Crippen LogP contribution in [0.25, 0.3) is 11.1 Å². The average molecular weight is 376 g/mol. The van der Waals surface area contributed by atoms with Gasteiger partial charge in [0.25, 0.3) is 0 Å². The van der Waals surface area contributed by atoms with Crippen molar-refractivity contribution in [2.75, 3.05) is 7.11 Å². The summed E-state index contributed by atoms with van der Waals surface area (Å²) in [5, 5.41) is 9.53. The molecule has 0 spiro atoms. The molecular weight excluding hydrogens is 358 g/mol. The summed E-state index contributed by atoms with van der Waals surface area (Å²) < 4.78 is 11.1. The Bertz CT molecular complexity index is 767. The number of methoxy groups -OCH3 is 1. The minimum Gasteiger partial charge on any atom is -0.508 e. The Balaban J connectivity index is 1.61. The minimum atomic E-state index is 0.155. The fraction of sp³-hybridized carbons (Fsp3) is 0.278. The van der Waals surface area contributed by atoms with Crippen LogP contribution in [0.3, 0.4) is 0 Å². The van der Waals surface area contributed by atoms with Crippen molar-refractivity contribution in [3.63, 3.8) is 0 Å². The smallest absolute Gasteiger partial charge is 0.195 e. The van der Waals surface area contributed by atoms with E-state index in [-0.39, 0.29) is 10.6 Å². The van der Waals surface area contributed by atoms with Gasteiger partial charge < -0.3 is 14.3 Å². The van der Waals surface area contributed by atoms with Gasteiger partial charge in [-0.15, -0.1) is 0 Å². The maximum Gasteiger partial charge on any atom is 0.195 e. The van der Waals surface area contributed by atoms with Crippen molar-refractivity contribution in [1.29, 1.82) is 0 Å². The first kappa shape index (κ1) is 15.9. The number of aryl methyl sites for hydroxylation is 1. The fourth-order valence-electron chi connectivity index (χ4n) is 2.57. The molecule has 1 N–H and O–H groups in total. The third-order valence-corrected chi connectivity index (χ3v) is 4.69. The Labute approximate surface area is 143 Å². The number of para-hydroxylation sites is 2. The van der Waals surface area contributed by atoms with Crippen molar-refractivity contribution in [3.05, 3.63) is 53.9 Å². The lowest BCUT2D eigenvalue weighted by atomic mass is 10.1. The molecule has 0 saturated heterocycles. The summed E-state index contributed by atoms with van der Waals surface area (Å²) >= 11 is 3.70. The van der Waals surface area contributed by atoms with Gasteiger partial charge in [-0.05, 0) is 31.0 Å². The molecule has 2 aromatic carbocycles. The van der Waals surface area contributed by atoms with Crippen LogP contribution in [0, 0.1) is 0 Å². The summed E-state index contributed by atoms with van der Waals surface area (Å²) in [5.74, 6) is 1.66. The highest BCUT2D eigenvalue weighted by Gasteiger charge is 2.14. The Hall–Kier alpha value is -2.01. The number of aromatic hydroxyl groups is 1. The number of hydrogen-bond acceptors (Lipinski definition) is 4. The van der Waals surface area contributed by atoms with Gasteiger partial charge in [0.05, 0.1) is 7.11 Å². The standard InChI is InChI=1S/C18H18BrNO3/c1-22-17-11-12(21)9-10-13(17)14(19)5-4-8-18-20-15-6-2-3-7-16(15)23-18/h2-3,6-7,9-11,14,21H,4-5,8H2,1H3. The topological polar surface area (TPSA) is 55.5 Å². The molecule has 1 atom stereocenters. The molecule has 4 nitrogen and oxygen atoms in total. The van der Waals surface area contributed by atoms with Crippen molar-refractivity contribution in [2.24, 2.45) is 0 Å². The van der Waals surface area contributed by atoms with E-state index in [0.29, 0.717) is 5.75 Å². The number of benzene rings is 2. The van der Waals surface area contributed by atoms with Gasteiger partial charge in [0.1, 0.15) is 17.0 Å². The van der Waals surface area contributed by atoms with E-state index in [2.05, 4.69) is 20.9 Å². The summed E-state index contributed by atoms with van der Waals surface area (Å²) in [6.45, 7) is 0. The second-order valence-electron chi connectivity index (χ2n) is 5.36. The van der Waals surface area contributed by atoms with Crippen LogP contribution in [0.2, 0.25) is 0 Å². The highest BCUT2D eigenvalue weighted by molar-refractivity contribution is 9.09. The van der Waals surface area contributed by atoms with E-state index in [1.807, 2.05) is 30.3 Å². The monoisotopic (exact) mass is 375 g/mol. The van der Waals surface area contributed by atoms with Crippen LogP contribution in [0.4, 0.5) is 0 Å². The molecule has 1 unspecified atom stereocenters. The number of rotatable bonds is 6. The lowest BCUT2D eigenvalue weighted by Crippen LogP contribution is -1.96. The Morgan fingerprint density at radius 2 is 2.09 bits per heavy atom. The highest BCUT2D eigenvalue weighted by atomic mass is 79.9. The van der Waals surface area contributed by atoms with Gasteiger partial charge in [-0.2, -0.15) is 0 Å². The summed E-state index contributed by atoms with van der Waals surface area (Å²) in [6, 6.07) is 13.0. The number of oxazole rings is 1. The molecule has 3 aromatic rings. The molecular formula is C18H18BrNO3. The van der Waals surface area contributed by atoms with E-state index in [1.54, 1.807) is 19.2 Å². The van der Waals surface area contributed by atoms with Crippen molar-refractivity contribution in [2.45, 2.75) is 24.1 Å². The molecule has 0 aliphatic heterocycles. The predicted octanol–water partition coefficient (Wildman–Crippen LogP) is 5.00. The molecule has 1 aromatic heterocycles. The van der Waals surface area contributed by atoms with E-state index in [9.17, 15) is 5.11 Å². The second-order valence-corrected chi connectivity index (χ2v) is 6.47. The third-order valence-electron chi connectivity index (χ3n) is 3.74. The normalized spacial score (nSPS) is 12.4. The van der Waals surface area contributed by atoms with E-state index in [0.717, 1.165) is 41.8 Å². The van der Waals surface area contributed by atoms with Crippen LogP contribution in [0.1, 0.15) is 29.1 Å². The van der Waals surface area contributed by atoms with E-state index in [1.165, 1.54) is 0 Å². The molecule has 23 heavy (non-hydrogen) atoms. The number of phenols is 1. The summed E-state index contributed by atoms with van der Waals surface area (Å²) in [5.41, 5.74) is 2.76. The van der Waals surface area contributed by atoms with Gasteiger partial charge in [-0.25, -0.2) is 4.98 Å². The van der Waals surface area contributed by atoms with Crippen molar-refractivity contribution < 1.29 is 14.3 Å². The zero-order valence-electron chi connectivity index (χ0n) is 12.8. The zero-order valence-corrected chi connectivity index (χ0v) is 14.4. The SMILES string of the molecule is COc1cc(O)ccc1C(Br)CCCc1nc2ccccc2o1. The van der Waals surface area contributed by atoms with Crippen LogP contribution in [0.5, 0.6) is 11.5 Å². The number of aromatic nitrogens is 1. The average Bonchev–Trinajstić information content (AvgIpc) is 2.97. The van der Waals surface area contributed by atoms with Gasteiger partial charge in [-0.1, -0.05) is 34.1 Å². The Morgan fingerprint density at radius 1 is 1.26 bits per heavy atom. The van der Waals surface area contributed by atoms with Crippen LogP contribution in [-0.2, 0) is 6.42 Å². The lowest BCUT2D eigenvalue weighted by Gasteiger charge is -2.14. The van der Waals surface area contributed by atoms with Crippen molar-refractivity contribution >= 4 is 27.0 Å². The molecule has 0 bridgehead atoms. The van der Waals surface area contributed by atoms with Crippen LogP contribution in [-0.4, -0.2) is 17.2 Å². The highest BCUT2D eigenvalue weighted by Crippen LogP contribution is 2.36. The lowest BCUT2D eigenvalue weighted by molar-refractivity contribution is 0.401. The number of phenolic OH excluding ortho intramolecular Hbond substituents is 1. The fourth-order valence-corrected chi connectivity index (χ4v) is 3.28. The third kappa shape index (κ3) is 3.67. The second kappa shape index (κ2) is 7.04. The van der Waals surface area contributed by atoms with Gasteiger partial charge >= 0.3 is 0 Å². The van der Waals surface area contributed by atoms with Crippen LogP contribution < -0.4 is 4.74 Å². The summed E-state index contributed by atoms with van der Waals surface area (Å²) in [7, 11) is 1.61. The predicted molar refractivity (Wildman–Crippen MR) is 93.3 cm³/mol. The molecule has 0 fully saturated rings. The van der Waals surface area contributed by atoms with Crippen LogP contribution >= 0.6 is 15.9 Å². The summed E-state index contributed by atoms with van der Waals surface area (Å²) in [6.07, 6.45) is 2.64. The quantitative estimate of drug-likeness (QED) is 0.615. The van der Waals surface area contributed by atoms with E-state index >= 15 is 0 Å². The molecule has 0 aliphatic carbocycles. The van der Waals surface area contributed by atoms with Gasteiger partial charge in [0.15, 0.2) is 11.5 Å². The van der Waals surface area contributed by atoms with E-state index < -0.39 is 0 Å². The molecule has 3 rings (SSSR count). The number of alkyl halides is 1. The largest absolute Gasteiger partial charge is 0.508 e. The van der Waals surface area contributed by atoms with Crippen molar-refractivity contribution in [1.82, 2.24) is 4.98 Å². The van der Waals surface area contributed by atoms with Gasteiger partial charge in [0, 0.05) is 22.9 Å². The Morgan fingerprint density at radius 3 is 2.87 bits per heavy atom.